The zero-order chi connectivity index (χ0) is 21.9. The van der Waals surface area contributed by atoms with Crippen molar-refractivity contribution in [1.82, 2.24) is 38.6 Å². The number of piperidine rings is 1. The van der Waals surface area contributed by atoms with Crippen molar-refractivity contribution in [3.05, 3.63) is 40.8 Å². The number of rotatable bonds is 3. The number of anilines is 2. The second-order valence-corrected chi connectivity index (χ2v) is 7.98. The monoisotopic (exact) mass is 429 g/mol. The summed E-state index contributed by atoms with van der Waals surface area (Å²) in [6.45, 7) is 1.96. The molecule has 1 N–H and O–H groups in total. The molecule has 1 aliphatic heterocycles. The van der Waals surface area contributed by atoms with E-state index >= 15 is 0 Å². The maximum Gasteiger partial charge on any atom is 0.330 e. The first-order valence-electron chi connectivity index (χ1n) is 9.82. The van der Waals surface area contributed by atoms with Gasteiger partial charge in [-0.3, -0.25) is 9.13 Å². The van der Waals surface area contributed by atoms with E-state index in [1.807, 2.05) is 13.0 Å². The summed E-state index contributed by atoms with van der Waals surface area (Å²) in [6, 6.07) is 0.585. The third kappa shape index (κ3) is 3.14. The molecule has 1 saturated heterocycles. The fourth-order valence-corrected chi connectivity index (χ4v) is 4.10. The second-order valence-electron chi connectivity index (χ2n) is 7.98. The van der Waals surface area contributed by atoms with Gasteiger partial charge in [-0.2, -0.15) is 10.1 Å². The second kappa shape index (κ2) is 6.80. The Labute approximate surface area is 175 Å². The molecule has 0 bridgehead atoms. The van der Waals surface area contributed by atoms with E-state index in [2.05, 4.69) is 25.4 Å². The Morgan fingerprint density at radius 1 is 1.26 bits per heavy atom. The van der Waals surface area contributed by atoms with Crippen LogP contribution >= 0.6 is 0 Å². The molecule has 0 spiro atoms. The highest BCUT2D eigenvalue weighted by Gasteiger charge is 2.46. The van der Waals surface area contributed by atoms with Crippen LogP contribution < -0.4 is 11.0 Å². The molecular formula is C19H21F2N9O. The largest absolute Gasteiger partial charge is 0.330 e. The van der Waals surface area contributed by atoms with Gasteiger partial charge < -0.3 is 10.2 Å². The molecule has 0 amide bonds. The maximum absolute atomic E-state index is 14.9. The molecule has 4 aromatic rings. The van der Waals surface area contributed by atoms with Gasteiger partial charge >= 0.3 is 5.69 Å². The highest BCUT2D eigenvalue weighted by atomic mass is 19.3. The topological polar surface area (TPSA) is 98.2 Å². The number of likely N-dealkylation sites (tertiary alicyclic amines) is 1. The van der Waals surface area contributed by atoms with Crippen molar-refractivity contribution in [2.75, 3.05) is 25.5 Å². The zero-order valence-electron chi connectivity index (χ0n) is 17.2. The number of hydrogen-bond acceptors (Lipinski definition) is 7. The van der Waals surface area contributed by atoms with Gasteiger partial charge in [-0.25, -0.2) is 28.1 Å². The number of aryl methyl sites for hydroxylation is 2. The third-order valence-corrected chi connectivity index (χ3v) is 5.77. The Morgan fingerprint density at radius 3 is 2.84 bits per heavy atom. The minimum atomic E-state index is -3.06. The molecule has 0 radical (unpaired) electrons. The van der Waals surface area contributed by atoms with E-state index in [-0.39, 0.29) is 18.0 Å². The van der Waals surface area contributed by atoms with Gasteiger partial charge in [-0.1, -0.05) is 0 Å². The van der Waals surface area contributed by atoms with E-state index in [1.54, 1.807) is 22.7 Å². The number of aromatic nitrogens is 7. The predicted molar refractivity (Wildman–Crippen MR) is 110 cm³/mol. The summed E-state index contributed by atoms with van der Waals surface area (Å²) in [4.78, 5) is 27.3. The molecule has 1 fully saturated rings. The molecule has 5 rings (SSSR count). The van der Waals surface area contributed by atoms with Crippen molar-refractivity contribution >= 4 is 28.4 Å². The molecule has 4 aromatic heterocycles. The van der Waals surface area contributed by atoms with Crippen molar-refractivity contribution in [3.8, 4) is 0 Å². The fourth-order valence-electron chi connectivity index (χ4n) is 4.10. The Hall–Kier alpha value is -3.41. The van der Waals surface area contributed by atoms with Crippen LogP contribution in [0.2, 0.25) is 0 Å². The molecule has 5 heterocycles. The molecule has 12 heteroatoms. The van der Waals surface area contributed by atoms with Gasteiger partial charge in [0.2, 0.25) is 5.95 Å². The van der Waals surface area contributed by atoms with Crippen molar-refractivity contribution in [2.24, 2.45) is 7.05 Å². The standard InChI is InChI=1S/C19H21F2N9O/c1-11-6-15-23-10-24-29(15)8-12(11)25-17-22-7-13-16(26-17)30(18(31)28(13)3)14-4-5-27(2)9-19(14,20)21/h6-8,10,14H,4-5,9H2,1-3H3,(H,22,25,26)/t14-/m0/s1. The maximum atomic E-state index is 14.9. The molecule has 162 valence electrons. The van der Waals surface area contributed by atoms with E-state index in [9.17, 15) is 13.6 Å². The summed E-state index contributed by atoms with van der Waals surface area (Å²) >= 11 is 0. The van der Waals surface area contributed by atoms with Crippen LogP contribution in [0.3, 0.4) is 0 Å². The summed E-state index contributed by atoms with van der Waals surface area (Å²) in [5.41, 5.74) is 2.31. The van der Waals surface area contributed by atoms with Crippen molar-refractivity contribution in [2.45, 2.75) is 25.3 Å². The van der Waals surface area contributed by atoms with Gasteiger partial charge in [0.1, 0.15) is 17.9 Å². The minimum Gasteiger partial charge on any atom is -0.323 e. The highest BCUT2D eigenvalue weighted by molar-refractivity contribution is 5.73. The average Bonchev–Trinajstić information content (AvgIpc) is 3.24. The molecule has 0 aliphatic carbocycles. The average molecular weight is 429 g/mol. The summed E-state index contributed by atoms with van der Waals surface area (Å²) in [6.07, 6.45) is 4.82. The summed E-state index contributed by atoms with van der Waals surface area (Å²) < 4.78 is 33.7. The van der Waals surface area contributed by atoms with Gasteiger partial charge in [0.25, 0.3) is 5.92 Å². The Morgan fingerprint density at radius 2 is 2.06 bits per heavy atom. The van der Waals surface area contributed by atoms with E-state index in [4.69, 9.17) is 0 Å². The Balaban J connectivity index is 1.60. The summed E-state index contributed by atoms with van der Waals surface area (Å²) in [5, 5.41) is 7.21. The molecule has 1 atom stereocenters. The van der Waals surface area contributed by atoms with Gasteiger partial charge in [0.15, 0.2) is 11.3 Å². The van der Waals surface area contributed by atoms with Gasteiger partial charge in [-0.15, -0.1) is 0 Å². The lowest BCUT2D eigenvalue weighted by Crippen LogP contribution is -2.49. The number of nitrogens with zero attached hydrogens (tertiary/aromatic N) is 8. The first-order chi connectivity index (χ1) is 14.7. The molecule has 1 aliphatic rings. The third-order valence-electron chi connectivity index (χ3n) is 5.77. The zero-order valence-corrected chi connectivity index (χ0v) is 17.2. The first kappa shape index (κ1) is 19.5. The van der Waals surface area contributed by atoms with Crippen LogP contribution in [-0.4, -0.2) is 64.7 Å². The van der Waals surface area contributed by atoms with Crippen LogP contribution in [0.1, 0.15) is 18.0 Å². The smallest absolute Gasteiger partial charge is 0.323 e. The van der Waals surface area contributed by atoms with Crippen LogP contribution in [-0.2, 0) is 7.05 Å². The number of pyridine rings is 1. The van der Waals surface area contributed by atoms with E-state index in [0.29, 0.717) is 23.4 Å². The quantitative estimate of drug-likeness (QED) is 0.530. The lowest BCUT2D eigenvalue weighted by molar-refractivity contribution is -0.0979. The molecular weight excluding hydrogens is 408 g/mol. The predicted octanol–water partition coefficient (Wildman–Crippen LogP) is 1.74. The molecule has 31 heavy (non-hydrogen) atoms. The lowest BCUT2D eigenvalue weighted by Gasteiger charge is -2.36. The van der Waals surface area contributed by atoms with Gasteiger partial charge in [0, 0.05) is 13.6 Å². The van der Waals surface area contributed by atoms with E-state index < -0.39 is 24.2 Å². The number of fused-ring (bicyclic) bond motifs is 2. The normalized spacial score (nSPS) is 19.3. The van der Waals surface area contributed by atoms with Crippen molar-refractivity contribution in [1.29, 1.82) is 0 Å². The van der Waals surface area contributed by atoms with Crippen LogP contribution in [0.5, 0.6) is 0 Å². The van der Waals surface area contributed by atoms with E-state index in [1.165, 1.54) is 24.1 Å². The highest BCUT2D eigenvalue weighted by Crippen LogP contribution is 2.37. The number of nitrogens with one attached hydrogen (secondary N) is 1. The lowest BCUT2D eigenvalue weighted by atomic mass is 10.0. The SMILES string of the molecule is Cc1cc2ncnn2cc1Nc1ncc2c(n1)n([C@H]1CCN(C)CC1(F)F)c(=O)n2C. The molecule has 0 unspecified atom stereocenters. The number of alkyl halides is 2. The van der Waals surface area contributed by atoms with Crippen LogP contribution in [0.25, 0.3) is 16.8 Å². The van der Waals surface area contributed by atoms with Gasteiger partial charge in [0.05, 0.1) is 24.6 Å². The molecule has 0 saturated carbocycles. The van der Waals surface area contributed by atoms with Crippen LogP contribution in [0, 0.1) is 6.92 Å². The first-order valence-corrected chi connectivity index (χ1v) is 9.82. The molecule has 0 aromatic carbocycles. The van der Waals surface area contributed by atoms with Crippen LogP contribution in [0.15, 0.2) is 29.6 Å². The number of imidazole rings is 1. The number of halogens is 2. The van der Waals surface area contributed by atoms with E-state index in [0.717, 1.165) is 10.1 Å². The summed E-state index contributed by atoms with van der Waals surface area (Å²) in [7, 11) is 3.18. The fraction of sp³-hybridized carbons (Fsp3) is 0.421. The number of hydrogen-bond donors (Lipinski definition) is 1. The van der Waals surface area contributed by atoms with Crippen molar-refractivity contribution in [3.63, 3.8) is 0 Å². The minimum absolute atomic E-state index is 0.150. The Kier molecular flexibility index (Phi) is 4.29. The molecule has 10 nitrogen and oxygen atoms in total. The van der Waals surface area contributed by atoms with Gasteiger partial charge in [-0.05, 0) is 32.0 Å². The van der Waals surface area contributed by atoms with Crippen LogP contribution in [0.4, 0.5) is 20.4 Å². The Bertz CT molecular complexity index is 1360. The van der Waals surface area contributed by atoms with Crippen molar-refractivity contribution < 1.29 is 8.78 Å². The summed E-state index contributed by atoms with van der Waals surface area (Å²) in [5.74, 6) is -2.86.